The molecule has 3 heteroatoms. The minimum absolute atomic E-state index is 0.292. The molecule has 0 amide bonds. The van der Waals surface area contributed by atoms with Gasteiger partial charge >= 0.3 is 0 Å². The van der Waals surface area contributed by atoms with Gasteiger partial charge in [-0.25, -0.2) is 0 Å². The number of carbonyl (C=O) groups is 1. The summed E-state index contributed by atoms with van der Waals surface area (Å²) in [6.45, 7) is 18.4. The zero-order chi connectivity index (χ0) is 19.4. The summed E-state index contributed by atoms with van der Waals surface area (Å²) in [4.78, 5) is 11.9. The van der Waals surface area contributed by atoms with E-state index in [-0.39, 0.29) is 0 Å². The van der Waals surface area contributed by atoms with E-state index >= 15 is 0 Å². The van der Waals surface area contributed by atoms with Gasteiger partial charge in [-0.2, -0.15) is 0 Å². The molecule has 25 heavy (non-hydrogen) atoms. The van der Waals surface area contributed by atoms with Gasteiger partial charge in [0, 0.05) is 10.9 Å². The average molecular weight is 426 g/mol. The Kier molecular flexibility index (Phi) is 8.14. The number of halogens is 1. The molecule has 0 aliphatic heterocycles. The minimum atomic E-state index is -1.21. The minimum Gasteiger partial charge on any atom is -0.300 e. The molecule has 0 fully saturated rings. The molecule has 2 atom stereocenters. The van der Waals surface area contributed by atoms with Gasteiger partial charge in [-0.05, 0) is 47.9 Å². The van der Waals surface area contributed by atoms with E-state index in [1.807, 2.05) is 0 Å². The first-order valence-electron chi connectivity index (χ1n) is 9.61. The number of hydrogen-bond donors (Lipinski definition) is 0. The predicted octanol–water partition coefficient (Wildman–Crippen LogP) is 7.75. The third-order valence-corrected chi connectivity index (χ3v) is 12.9. The van der Waals surface area contributed by atoms with Crippen LogP contribution in [0.5, 0.6) is 0 Å². The topological polar surface area (TPSA) is 17.1 Å². The van der Waals surface area contributed by atoms with Gasteiger partial charge in [0.1, 0.15) is 5.78 Å². The fraction of sp³-hybridized carbons (Fsp3) is 0.682. The van der Waals surface area contributed by atoms with Crippen molar-refractivity contribution in [2.75, 3.05) is 0 Å². The second-order valence-corrected chi connectivity index (χ2v) is 16.1. The molecule has 1 nitrogen and oxygen atoms in total. The second-order valence-electron chi connectivity index (χ2n) is 9.47. The highest BCUT2D eigenvalue weighted by atomic mass is 79.9. The van der Waals surface area contributed by atoms with E-state index in [9.17, 15) is 4.79 Å². The summed E-state index contributed by atoms with van der Waals surface area (Å²) < 4.78 is 1.15. The standard InChI is InChI=1S/C22H37BrOSi/c1-16(11-10-14-25(7,8)22(4,5)6)20(15-17(2)24)19-12-9-13-21(23)18(19)3/h9,12-13,16,20H,10-11,14-15H2,1-8H3. The molecule has 2 unspecified atom stereocenters. The summed E-state index contributed by atoms with van der Waals surface area (Å²) in [5, 5.41) is 0.454. The van der Waals surface area contributed by atoms with Crippen LogP contribution < -0.4 is 0 Å². The van der Waals surface area contributed by atoms with Gasteiger partial charge < -0.3 is 4.79 Å². The molecule has 0 spiro atoms. The van der Waals surface area contributed by atoms with Gasteiger partial charge in [0.25, 0.3) is 0 Å². The molecular formula is C22H37BrOSi. The molecule has 142 valence electrons. The van der Waals surface area contributed by atoms with Crippen molar-refractivity contribution in [1.29, 1.82) is 0 Å². The highest BCUT2D eigenvalue weighted by Gasteiger charge is 2.34. The van der Waals surface area contributed by atoms with Crippen molar-refractivity contribution in [3.8, 4) is 0 Å². The van der Waals surface area contributed by atoms with Gasteiger partial charge in [0.05, 0.1) is 8.07 Å². The summed E-state index contributed by atoms with van der Waals surface area (Å²) >= 11 is 3.65. The van der Waals surface area contributed by atoms with Gasteiger partial charge in [-0.15, -0.1) is 0 Å². The van der Waals surface area contributed by atoms with Gasteiger partial charge in [-0.3, -0.25) is 0 Å². The van der Waals surface area contributed by atoms with E-state index in [0.29, 0.717) is 29.1 Å². The summed E-state index contributed by atoms with van der Waals surface area (Å²) in [5.41, 5.74) is 2.62. The molecular weight excluding hydrogens is 388 g/mol. The third-order valence-electron chi connectivity index (χ3n) is 6.39. The van der Waals surface area contributed by atoms with E-state index in [4.69, 9.17) is 0 Å². The maximum Gasteiger partial charge on any atom is 0.130 e. The number of Topliss-reactive ketones (excluding diaryl/α,β-unsaturated/α-hetero) is 1. The fourth-order valence-corrected chi connectivity index (χ4v) is 5.61. The highest BCUT2D eigenvalue weighted by molar-refractivity contribution is 9.10. The number of rotatable bonds is 8. The Morgan fingerprint density at radius 3 is 2.36 bits per heavy atom. The zero-order valence-corrected chi connectivity index (χ0v) is 20.1. The van der Waals surface area contributed by atoms with Crippen LogP contribution in [0.1, 0.15) is 70.9 Å². The van der Waals surface area contributed by atoms with Crippen molar-refractivity contribution in [3.05, 3.63) is 33.8 Å². The molecule has 1 aromatic carbocycles. The average Bonchev–Trinajstić information content (AvgIpc) is 2.46. The molecule has 0 saturated heterocycles. The van der Waals surface area contributed by atoms with E-state index in [1.54, 1.807) is 6.92 Å². The molecule has 0 bridgehead atoms. The summed E-state index contributed by atoms with van der Waals surface area (Å²) in [5.74, 6) is 1.15. The first-order valence-corrected chi connectivity index (χ1v) is 13.6. The van der Waals surface area contributed by atoms with Crippen LogP contribution in [0.4, 0.5) is 0 Å². The molecule has 0 aliphatic rings. The number of carbonyl (C=O) groups excluding carboxylic acids is 1. The lowest BCUT2D eigenvalue weighted by atomic mass is 9.80. The van der Waals surface area contributed by atoms with Gasteiger partial charge in [0.15, 0.2) is 0 Å². The van der Waals surface area contributed by atoms with Crippen molar-refractivity contribution >= 4 is 29.8 Å². The van der Waals surface area contributed by atoms with Crippen molar-refractivity contribution in [2.24, 2.45) is 5.92 Å². The lowest BCUT2D eigenvalue weighted by Gasteiger charge is -2.37. The Morgan fingerprint density at radius 1 is 1.24 bits per heavy atom. The monoisotopic (exact) mass is 424 g/mol. The Bertz CT molecular complexity index is 586. The van der Waals surface area contributed by atoms with E-state index in [2.05, 4.69) is 81.8 Å². The van der Waals surface area contributed by atoms with Crippen molar-refractivity contribution in [1.82, 2.24) is 0 Å². The van der Waals surface area contributed by atoms with Gasteiger partial charge in [0.2, 0.25) is 0 Å². The van der Waals surface area contributed by atoms with Crippen LogP contribution in [-0.4, -0.2) is 13.9 Å². The van der Waals surface area contributed by atoms with E-state index in [0.717, 1.165) is 4.47 Å². The quantitative estimate of drug-likeness (QED) is 0.389. The van der Waals surface area contributed by atoms with E-state index in [1.165, 1.54) is 30.0 Å². The smallest absolute Gasteiger partial charge is 0.130 e. The van der Waals surface area contributed by atoms with Crippen molar-refractivity contribution < 1.29 is 4.79 Å². The SMILES string of the molecule is CC(=O)CC(c1cccc(Br)c1C)C(C)CCC[Si](C)(C)C(C)(C)C. The Labute approximate surface area is 165 Å². The van der Waals surface area contributed by atoms with Crippen LogP contribution >= 0.6 is 15.9 Å². The van der Waals surface area contributed by atoms with Crippen LogP contribution in [0.3, 0.4) is 0 Å². The van der Waals surface area contributed by atoms with Crippen LogP contribution in [0.25, 0.3) is 0 Å². The van der Waals surface area contributed by atoms with Crippen LogP contribution in [0, 0.1) is 12.8 Å². The normalized spacial score (nSPS) is 15.1. The molecule has 0 saturated carbocycles. The second kappa shape index (κ2) is 8.99. The molecule has 1 aromatic rings. The molecule has 0 aliphatic carbocycles. The van der Waals surface area contributed by atoms with Gasteiger partial charge in [-0.1, -0.05) is 87.7 Å². The summed E-state index contributed by atoms with van der Waals surface area (Å²) in [6.07, 6.45) is 3.13. The number of hydrogen-bond acceptors (Lipinski definition) is 1. The molecule has 0 radical (unpaired) electrons. The third kappa shape index (κ3) is 6.36. The number of ketones is 1. The highest BCUT2D eigenvalue weighted by Crippen LogP contribution is 2.41. The van der Waals surface area contributed by atoms with Crippen molar-refractivity contribution in [2.45, 2.75) is 90.9 Å². The maximum atomic E-state index is 11.9. The number of benzene rings is 1. The lowest BCUT2D eigenvalue weighted by molar-refractivity contribution is -0.117. The Balaban J connectivity index is 2.87. The molecule has 0 heterocycles. The van der Waals surface area contributed by atoms with Crippen LogP contribution in [0.15, 0.2) is 22.7 Å². The van der Waals surface area contributed by atoms with E-state index < -0.39 is 8.07 Å². The molecule has 1 rings (SSSR count). The molecule has 0 N–H and O–H groups in total. The zero-order valence-electron chi connectivity index (χ0n) is 17.5. The first kappa shape index (κ1) is 22.6. The first-order chi connectivity index (χ1) is 11.4. The molecule has 0 aromatic heterocycles. The maximum absolute atomic E-state index is 11.9. The Hall–Kier alpha value is -0.413. The van der Waals surface area contributed by atoms with Crippen LogP contribution in [-0.2, 0) is 4.79 Å². The predicted molar refractivity (Wildman–Crippen MR) is 117 cm³/mol. The Morgan fingerprint density at radius 2 is 1.84 bits per heavy atom. The van der Waals surface area contributed by atoms with Crippen molar-refractivity contribution in [3.63, 3.8) is 0 Å². The summed E-state index contributed by atoms with van der Waals surface area (Å²) in [6, 6.07) is 7.76. The fourth-order valence-electron chi connectivity index (χ4n) is 3.40. The largest absolute Gasteiger partial charge is 0.300 e. The van der Waals surface area contributed by atoms with Crippen LogP contribution in [0.2, 0.25) is 24.2 Å². The summed E-state index contributed by atoms with van der Waals surface area (Å²) in [7, 11) is -1.21. The lowest BCUT2D eigenvalue weighted by Crippen LogP contribution is -2.36.